The lowest BCUT2D eigenvalue weighted by molar-refractivity contribution is 0.377. The fourth-order valence-corrected chi connectivity index (χ4v) is 4.50. The highest BCUT2D eigenvalue weighted by molar-refractivity contribution is 5.55. The van der Waals surface area contributed by atoms with Crippen LogP contribution in [0.1, 0.15) is 58.5 Å². The molecule has 1 aromatic heterocycles. The number of aromatic nitrogens is 2. The molecule has 1 aliphatic carbocycles. The largest absolute Gasteiger partial charge is 0.424 e. The van der Waals surface area contributed by atoms with Crippen molar-refractivity contribution in [3.8, 4) is 0 Å². The van der Waals surface area contributed by atoms with Crippen LogP contribution in [0.25, 0.3) is 0 Å². The first-order valence-electron chi connectivity index (χ1n) is 9.81. The summed E-state index contributed by atoms with van der Waals surface area (Å²) < 4.78 is 6.18. The Labute approximate surface area is 160 Å². The van der Waals surface area contributed by atoms with Crippen LogP contribution in [0, 0.1) is 13.8 Å². The topological polar surface area (TPSA) is 64.9 Å². The van der Waals surface area contributed by atoms with E-state index in [0.717, 1.165) is 25.7 Å². The van der Waals surface area contributed by atoms with Gasteiger partial charge in [-0.3, -0.25) is 0 Å². The van der Waals surface area contributed by atoms with Crippen LogP contribution in [0.3, 0.4) is 0 Å². The molecule has 0 spiro atoms. The van der Waals surface area contributed by atoms with Gasteiger partial charge in [0.05, 0.1) is 0 Å². The van der Waals surface area contributed by atoms with Gasteiger partial charge in [0, 0.05) is 6.42 Å². The van der Waals surface area contributed by atoms with E-state index in [1.807, 2.05) is 6.92 Å². The number of fused-ring (bicyclic) bond motifs is 2. The van der Waals surface area contributed by atoms with Crippen LogP contribution in [0.2, 0.25) is 0 Å². The van der Waals surface area contributed by atoms with Crippen molar-refractivity contribution in [2.24, 2.45) is 5.73 Å². The third kappa shape index (κ3) is 2.88. The SMILES string of the molecule is CCc1nnc(C2(CCN)c3ccc(C)cc3CCc3cc(C)ccc32)o1. The zero-order valence-electron chi connectivity index (χ0n) is 16.4. The minimum absolute atomic E-state index is 0.488. The van der Waals surface area contributed by atoms with Crippen molar-refractivity contribution >= 4 is 0 Å². The molecule has 0 bridgehead atoms. The normalized spacial score (nSPS) is 15.1. The lowest BCUT2D eigenvalue weighted by atomic mass is 9.69. The molecule has 2 N–H and O–H groups in total. The maximum absolute atomic E-state index is 6.18. The van der Waals surface area contributed by atoms with Gasteiger partial charge in [-0.25, -0.2) is 0 Å². The first-order chi connectivity index (χ1) is 13.1. The Bertz CT molecular complexity index is 920. The summed E-state index contributed by atoms with van der Waals surface area (Å²) >= 11 is 0. The zero-order chi connectivity index (χ0) is 19.0. The molecule has 4 rings (SSSR count). The lowest BCUT2D eigenvalue weighted by Gasteiger charge is -2.33. The molecule has 0 saturated carbocycles. The maximum atomic E-state index is 6.18. The smallest absolute Gasteiger partial charge is 0.231 e. The minimum atomic E-state index is -0.488. The van der Waals surface area contributed by atoms with E-state index in [1.165, 1.54) is 33.4 Å². The summed E-state index contributed by atoms with van der Waals surface area (Å²) in [6.45, 7) is 6.88. The Balaban J connectivity index is 2.08. The summed E-state index contributed by atoms with van der Waals surface area (Å²) in [5.74, 6) is 1.34. The van der Waals surface area contributed by atoms with Crippen molar-refractivity contribution in [2.45, 2.75) is 51.9 Å². The van der Waals surface area contributed by atoms with Crippen molar-refractivity contribution in [1.82, 2.24) is 10.2 Å². The number of nitrogens with two attached hydrogens (primary N) is 1. The van der Waals surface area contributed by atoms with Crippen LogP contribution in [0.5, 0.6) is 0 Å². The number of hydrogen-bond acceptors (Lipinski definition) is 4. The standard InChI is InChI=1S/C23H27N3O/c1-4-21-25-26-22(27-21)23(11-12-24)19-9-5-15(2)13-17(19)7-8-18-14-16(3)6-10-20(18)23/h5-6,9-10,13-14H,4,7-8,11-12,24H2,1-3H3. The summed E-state index contributed by atoms with van der Waals surface area (Å²) in [4.78, 5) is 0. The second-order valence-electron chi connectivity index (χ2n) is 7.62. The fraction of sp³-hybridized carbons (Fsp3) is 0.391. The van der Waals surface area contributed by atoms with Gasteiger partial charge in [-0.1, -0.05) is 54.4 Å². The monoisotopic (exact) mass is 361 g/mol. The van der Waals surface area contributed by atoms with Crippen molar-refractivity contribution in [3.05, 3.63) is 81.6 Å². The van der Waals surface area contributed by atoms with Crippen LogP contribution in [-0.2, 0) is 24.7 Å². The highest BCUT2D eigenvalue weighted by atomic mass is 16.4. The van der Waals surface area contributed by atoms with Crippen molar-refractivity contribution in [1.29, 1.82) is 0 Å². The summed E-state index contributed by atoms with van der Waals surface area (Å²) in [5.41, 5.74) is 13.4. The predicted molar refractivity (Wildman–Crippen MR) is 107 cm³/mol. The van der Waals surface area contributed by atoms with E-state index in [0.29, 0.717) is 18.3 Å². The van der Waals surface area contributed by atoms with E-state index in [-0.39, 0.29) is 0 Å². The molecule has 140 valence electrons. The molecule has 2 aromatic carbocycles. The molecule has 27 heavy (non-hydrogen) atoms. The molecule has 4 nitrogen and oxygen atoms in total. The predicted octanol–water partition coefficient (Wildman–Crippen LogP) is 4.03. The number of nitrogens with zero attached hydrogens (tertiary/aromatic N) is 2. The maximum Gasteiger partial charge on any atom is 0.231 e. The average Bonchev–Trinajstić information content (AvgIpc) is 3.10. The Kier molecular flexibility index (Phi) is 4.60. The van der Waals surface area contributed by atoms with Gasteiger partial charge in [0.2, 0.25) is 11.8 Å². The number of rotatable bonds is 4. The molecule has 0 aliphatic heterocycles. The highest BCUT2D eigenvalue weighted by Gasteiger charge is 2.44. The number of aryl methyl sites for hydroxylation is 5. The van der Waals surface area contributed by atoms with Gasteiger partial charge in [-0.2, -0.15) is 0 Å². The van der Waals surface area contributed by atoms with Gasteiger partial charge in [0.25, 0.3) is 0 Å². The third-order valence-corrected chi connectivity index (χ3v) is 5.76. The molecule has 0 atom stereocenters. The zero-order valence-corrected chi connectivity index (χ0v) is 16.4. The molecule has 0 amide bonds. The van der Waals surface area contributed by atoms with Crippen LogP contribution in [0.15, 0.2) is 40.8 Å². The van der Waals surface area contributed by atoms with Crippen LogP contribution in [-0.4, -0.2) is 16.7 Å². The molecule has 0 unspecified atom stereocenters. The van der Waals surface area contributed by atoms with E-state index in [1.54, 1.807) is 0 Å². The van der Waals surface area contributed by atoms with Gasteiger partial charge in [0.1, 0.15) is 5.41 Å². The quantitative estimate of drug-likeness (QED) is 0.762. The highest BCUT2D eigenvalue weighted by Crippen LogP contribution is 2.46. The third-order valence-electron chi connectivity index (χ3n) is 5.76. The van der Waals surface area contributed by atoms with Crippen LogP contribution < -0.4 is 5.73 Å². The van der Waals surface area contributed by atoms with Crippen LogP contribution >= 0.6 is 0 Å². The van der Waals surface area contributed by atoms with Gasteiger partial charge >= 0.3 is 0 Å². The first kappa shape index (κ1) is 17.9. The molecule has 3 aromatic rings. The van der Waals surface area contributed by atoms with E-state index >= 15 is 0 Å². The molecule has 0 radical (unpaired) electrons. The van der Waals surface area contributed by atoms with Gasteiger partial charge in [-0.15, -0.1) is 10.2 Å². The molecular formula is C23H27N3O. The van der Waals surface area contributed by atoms with Gasteiger partial charge in [-0.05, 0) is 61.9 Å². The van der Waals surface area contributed by atoms with Crippen LogP contribution in [0.4, 0.5) is 0 Å². The lowest BCUT2D eigenvalue weighted by Crippen LogP contribution is -2.34. The Morgan fingerprint density at radius 1 is 0.963 bits per heavy atom. The molecule has 0 fully saturated rings. The molecular weight excluding hydrogens is 334 g/mol. The molecule has 4 heteroatoms. The summed E-state index contributed by atoms with van der Waals surface area (Å²) in [7, 11) is 0. The number of hydrogen-bond donors (Lipinski definition) is 1. The Morgan fingerprint density at radius 2 is 1.56 bits per heavy atom. The fourth-order valence-electron chi connectivity index (χ4n) is 4.50. The second kappa shape index (κ2) is 6.93. The molecule has 0 saturated heterocycles. The van der Waals surface area contributed by atoms with Crippen molar-refractivity contribution < 1.29 is 4.42 Å². The van der Waals surface area contributed by atoms with Gasteiger partial charge in [0.15, 0.2) is 0 Å². The van der Waals surface area contributed by atoms with Gasteiger partial charge < -0.3 is 10.2 Å². The number of benzene rings is 2. The Morgan fingerprint density at radius 3 is 2.04 bits per heavy atom. The Hall–Kier alpha value is -2.46. The summed E-state index contributed by atoms with van der Waals surface area (Å²) in [6, 6.07) is 13.4. The minimum Gasteiger partial charge on any atom is -0.424 e. The van der Waals surface area contributed by atoms with Crippen molar-refractivity contribution in [3.63, 3.8) is 0 Å². The summed E-state index contributed by atoms with van der Waals surface area (Å²) in [6.07, 6.45) is 3.49. The average molecular weight is 361 g/mol. The van der Waals surface area contributed by atoms with E-state index in [9.17, 15) is 0 Å². The van der Waals surface area contributed by atoms with E-state index in [2.05, 4.69) is 60.4 Å². The first-order valence-corrected chi connectivity index (χ1v) is 9.81. The molecule has 1 aliphatic rings. The second-order valence-corrected chi connectivity index (χ2v) is 7.62. The van der Waals surface area contributed by atoms with E-state index < -0.39 is 5.41 Å². The summed E-state index contributed by atoms with van der Waals surface area (Å²) in [5, 5.41) is 8.80. The molecule has 1 heterocycles. The van der Waals surface area contributed by atoms with E-state index in [4.69, 9.17) is 10.2 Å². The van der Waals surface area contributed by atoms with Crippen molar-refractivity contribution in [2.75, 3.05) is 6.54 Å².